The first-order valence-electron chi connectivity index (χ1n) is 8.33. The number of carbonyl (C=O) groups is 3. The number of ether oxygens (including phenoxy) is 4. The van der Waals surface area contributed by atoms with Crippen molar-refractivity contribution in [2.45, 2.75) is 6.92 Å². The number of aromatic nitrogens is 2. The second-order valence-corrected chi connectivity index (χ2v) is 5.71. The molecule has 3 aromatic rings. The highest BCUT2D eigenvalue weighted by atomic mass is 16.5. The zero-order chi connectivity index (χ0) is 20.4. The van der Waals surface area contributed by atoms with Gasteiger partial charge in [0.2, 0.25) is 0 Å². The minimum Gasteiger partial charge on any atom is -0.495 e. The number of nitrogens with zero attached hydrogens (tertiary/aromatic N) is 1. The lowest BCUT2D eigenvalue weighted by atomic mass is 10.0. The lowest BCUT2D eigenvalue weighted by Gasteiger charge is -2.12. The van der Waals surface area contributed by atoms with E-state index >= 15 is 0 Å². The number of esters is 3. The fourth-order valence-electron chi connectivity index (χ4n) is 2.93. The Kier molecular flexibility index (Phi) is 5.16. The Bertz CT molecular complexity index is 1100. The molecule has 28 heavy (non-hydrogen) atoms. The number of benzene rings is 1. The molecule has 1 aromatic carbocycles. The highest BCUT2D eigenvalue weighted by molar-refractivity contribution is 6.18. The first-order valence-corrected chi connectivity index (χ1v) is 8.33. The number of methoxy groups -OCH3 is 3. The van der Waals surface area contributed by atoms with Gasteiger partial charge in [-0.2, -0.15) is 0 Å². The summed E-state index contributed by atoms with van der Waals surface area (Å²) in [6.45, 7) is 1.90. The van der Waals surface area contributed by atoms with Gasteiger partial charge in [0.25, 0.3) is 0 Å². The normalized spacial score (nSPS) is 10.7. The Balaban J connectivity index is 2.43. The van der Waals surface area contributed by atoms with Crippen molar-refractivity contribution in [2.75, 3.05) is 27.9 Å². The summed E-state index contributed by atoms with van der Waals surface area (Å²) < 4.78 is 20.0. The molecule has 9 heteroatoms. The second kappa shape index (κ2) is 7.55. The highest BCUT2D eigenvalue weighted by Gasteiger charge is 2.23. The Labute approximate surface area is 159 Å². The number of H-pyrrole nitrogens is 1. The summed E-state index contributed by atoms with van der Waals surface area (Å²) in [5.74, 6) is -1.59. The van der Waals surface area contributed by atoms with E-state index in [0.29, 0.717) is 27.6 Å². The van der Waals surface area contributed by atoms with E-state index in [-0.39, 0.29) is 23.6 Å². The number of rotatable bonds is 5. The molecule has 1 N–H and O–H groups in total. The van der Waals surface area contributed by atoms with E-state index < -0.39 is 17.9 Å². The fraction of sp³-hybridized carbons (Fsp3) is 0.263. The van der Waals surface area contributed by atoms with Gasteiger partial charge in [0, 0.05) is 10.8 Å². The van der Waals surface area contributed by atoms with Crippen molar-refractivity contribution in [3.8, 4) is 5.75 Å². The van der Waals surface area contributed by atoms with Crippen LogP contribution in [0.25, 0.3) is 21.8 Å². The van der Waals surface area contributed by atoms with E-state index in [0.717, 1.165) is 0 Å². The van der Waals surface area contributed by atoms with Crippen LogP contribution in [0.4, 0.5) is 0 Å². The summed E-state index contributed by atoms with van der Waals surface area (Å²) >= 11 is 0. The topological polar surface area (TPSA) is 117 Å². The van der Waals surface area contributed by atoms with E-state index in [1.54, 1.807) is 19.1 Å². The third-order valence-corrected chi connectivity index (χ3v) is 4.15. The monoisotopic (exact) mass is 386 g/mol. The average molecular weight is 386 g/mol. The van der Waals surface area contributed by atoms with Crippen LogP contribution in [-0.2, 0) is 14.2 Å². The van der Waals surface area contributed by atoms with Crippen LogP contribution in [0.5, 0.6) is 5.75 Å². The molecular formula is C19H18N2O7. The van der Waals surface area contributed by atoms with Crippen LogP contribution < -0.4 is 4.74 Å². The van der Waals surface area contributed by atoms with Crippen LogP contribution in [0, 0.1) is 0 Å². The average Bonchev–Trinajstić information content (AvgIpc) is 3.15. The van der Waals surface area contributed by atoms with Crippen LogP contribution in [0.15, 0.2) is 18.2 Å². The summed E-state index contributed by atoms with van der Waals surface area (Å²) in [5, 5.41) is 0.918. The molecule has 0 amide bonds. The number of fused-ring (bicyclic) bond motifs is 3. The third-order valence-electron chi connectivity index (χ3n) is 4.15. The largest absolute Gasteiger partial charge is 0.495 e. The number of carbonyl (C=O) groups excluding carboxylic acids is 3. The van der Waals surface area contributed by atoms with E-state index in [4.69, 9.17) is 18.9 Å². The van der Waals surface area contributed by atoms with Crippen molar-refractivity contribution >= 4 is 39.7 Å². The SMILES string of the molecule is CCOC(=O)c1cc2cc(OC)c3[nH]c(C(=O)OC)cc(C(=O)OC)c3c2n1. The van der Waals surface area contributed by atoms with Gasteiger partial charge < -0.3 is 23.9 Å². The molecule has 0 atom stereocenters. The minimum atomic E-state index is -0.681. The highest BCUT2D eigenvalue weighted by Crippen LogP contribution is 2.35. The van der Waals surface area contributed by atoms with Crippen molar-refractivity contribution in [3.05, 3.63) is 35.2 Å². The van der Waals surface area contributed by atoms with Gasteiger partial charge in [-0.1, -0.05) is 0 Å². The molecule has 2 aromatic heterocycles. The lowest BCUT2D eigenvalue weighted by molar-refractivity contribution is 0.0518. The molecule has 3 rings (SSSR count). The van der Waals surface area contributed by atoms with Gasteiger partial charge >= 0.3 is 17.9 Å². The van der Waals surface area contributed by atoms with Crippen molar-refractivity contribution in [1.29, 1.82) is 0 Å². The maximum atomic E-state index is 12.4. The predicted molar refractivity (Wildman–Crippen MR) is 98.8 cm³/mol. The lowest BCUT2D eigenvalue weighted by Crippen LogP contribution is -2.10. The molecule has 146 valence electrons. The number of hydrogen-bond acceptors (Lipinski definition) is 8. The molecule has 0 saturated carbocycles. The van der Waals surface area contributed by atoms with Crippen molar-refractivity contribution < 1.29 is 33.3 Å². The zero-order valence-corrected chi connectivity index (χ0v) is 15.7. The summed E-state index contributed by atoms with van der Waals surface area (Å²) in [7, 11) is 3.89. The van der Waals surface area contributed by atoms with Crippen LogP contribution >= 0.6 is 0 Å². The molecule has 0 bridgehead atoms. The van der Waals surface area contributed by atoms with Crippen molar-refractivity contribution in [3.63, 3.8) is 0 Å². The van der Waals surface area contributed by atoms with E-state index in [9.17, 15) is 14.4 Å². The molecule has 0 unspecified atom stereocenters. The summed E-state index contributed by atoms with van der Waals surface area (Å²) in [4.78, 5) is 43.8. The first kappa shape index (κ1) is 19.2. The smallest absolute Gasteiger partial charge is 0.356 e. The molecule has 0 saturated heterocycles. The van der Waals surface area contributed by atoms with Gasteiger partial charge in [0.15, 0.2) is 0 Å². The van der Waals surface area contributed by atoms with Gasteiger partial charge in [0.1, 0.15) is 17.1 Å². The van der Waals surface area contributed by atoms with Crippen LogP contribution in [0.1, 0.15) is 38.3 Å². The van der Waals surface area contributed by atoms with Crippen LogP contribution in [0.3, 0.4) is 0 Å². The van der Waals surface area contributed by atoms with E-state index in [1.165, 1.54) is 27.4 Å². The van der Waals surface area contributed by atoms with Gasteiger partial charge in [-0.05, 0) is 25.1 Å². The molecule has 0 spiro atoms. The Morgan fingerprint density at radius 2 is 1.71 bits per heavy atom. The quantitative estimate of drug-likeness (QED) is 0.525. The molecular weight excluding hydrogens is 368 g/mol. The molecule has 0 fully saturated rings. The maximum absolute atomic E-state index is 12.4. The standard InChI is InChI=1S/C19H18N2O7/c1-5-28-19(24)11-6-9-7-13(25-2)16-14(15(9)20-11)10(17(22)26-3)8-12(21-16)18(23)27-4/h6-8,21H,5H2,1-4H3. The van der Waals surface area contributed by atoms with Crippen LogP contribution in [0.2, 0.25) is 0 Å². The van der Waals surface area contributed by atoms with Gasteiger partial charge in [-0.3, -0.25) is 0 Å². The summed E-state index contributed by atoms with van der Waals surface area (Å²) in [5.41, 5.74) is 0.914. The van der Waals surface area contributed by atoms with Crippen molar-refractivity contribution in [2.24, 2.45) is 0 Å². The summed E-state index contributed by atoms with van der Waals surface area (Å²) in [6.07, 6.45) is 0. The first-order chi connectivity index (χ1) is 13.4. The molecule has 0 aliphatic rings. The van der Waals surface area contributed by atoms with E-state index in [1.807, 2.05) is 0 Å². The van der Waals surface area contributed by atoms with Crippen molar-refractivity contribution in [1.82, 2.24) is 9.97 Å². The van der Waals surface area contributed by atoms with E-state index in [2.05, 4.69) is 9.97 Å². The Morgan fingerprint density at radius 1 is 1.00 bits per heavy atom. The number of hydrogen-bond donors (Lipinski definition) is 1. The molecule has 9 nitrogen and oxygen atoms in total. The molecule has 0 aliphatic carbocycles. The predicted octanol–water partition coefficient (Wildman–Crippen LogP) is 2.47. The van der Waals surface area contributed by atoms with Gasteiger partial charge in [-0.15, -0.1) is 0 Å². The Morgan fingerprint density at radius 3 is 2.32 bits per heavy atom. The minimum absolute atomic E-state index is 0.0326. The summed E-state index contributed by atoms with van der Waals surface area (Å²) in [6, 6.07) is 4.51. The Hall–Kier alpha value is -3.62. The fourth-order valence-corrected chi connectivity index (χ4v) is 2.93. The van der Waals surface area contributed by atoms with Gasteiger partial charge in [0.05, 0.1) is 44.5 Å². The van der Waals surface area contributed by atoms with Crippen LogP contribution in [-0.4, -0.2) is 55.8 Å². The maximum Gasteiger partial charge on any atom is 0.356 e. The third kappa shape index (κ3) is 3.11. The van der Waals surface area contributed by atoms with Gasteiger partial charge in [-0.25, -0.2) is 19.4 Å². The number of nitrogens with one attached hydrogen (secondary N) is 1. The second-order valence-electron chi connectivity index (χ2n) is 5.71. The molecule has 2 heterocycles. The molecule has 0 aliphatic heterocycles. The number of aromatic amines is 1. The number of pyridine rings is 1. The zero-order valence-electron chi connectivity index (χ0n) is 15.7. The molecule has 0 radical (unpaired) electrons.